The summed E-state index contributed by atoms with van der Waals surface area (Å²) < 4.78 is 10.6. The number of nitrogens with zero attached hydrogens (tertiary/aromatic N) is 2. The Kier molecular flexibility index (Phi) is 6.41. The number of amides is 1. The highest BCUT2D eigenvalue weighted by atomic mass is 16.5. The van der Waals surface area contributed by atoms with Gasteiger partial charge in [0.1, 0.15) is 11.5 Å². The lowest BCUT2D eigenvalue weighted by molar-refractivity contribution is -0.120. The summed E-state index contributed by atoms with van der Waals surface area (Å²) in [6.45, 7) is 7.56. The number of hydrogen-bond donors (Lipinski definition) is 1. The van der Waals surface area contributed by atoms with Gasteiger partial charge in [-0.1, -0.05) is 12.1 Å². The maximum absolute atomic E-state index is 12.8. The van der Waals surface area contributed by atoms with Crippen molar-refractivity contribution in [3.05, 3.63) is 48.0 Å². The average Bonchev–Trinajstić information content (AvgIpc) is 2.73. The quantitative estimate of drug-likeness (QED) is 0.830. The van der Waals surface area contributed by atoms with Gasteiger partial charge < -0.3 is 19.7 Å². The van der Waals surface area contributed by atoms with Crippen LogP contribution >= 0.6 is 0 Å². The largest absolute Gasteiger partial charge is 0.497 e. The molecule has 1 atom stereocenters. The number of benzene rings is 2. The van der Waals surface area contributed by atoms with Crippen molar-refractivity contribution in [2.45, 2.75) is 19.9 Å². The molecule has 1 N–H and O–H groups in total. The fourth-order valence-corrected chi connectivity index (χ4v) is 3.51. The summed E-state index contributed by atoms with van der Waals surface area (Å²) in [6, 6.07) is 13.7. The van der Waals surface area contributed by atoms with Gasteiger partial charge in [-0.2, -0.15) is 0 Å². The van der Waals surface area contributed by atoms with E-state index in [0.29, 0.717) is 17.2 Å². The molecule has 1 fully saturated rings. The Morgan fingerprint density at radius 1 is 1.04 bits per heavy atom. The van der Waals surface area contributed by atoms with Crippen LogP contribution in [0.2, 0.25) is 0 Å². The van der Waals surface area contributed by atoms with Crippen LogP contribution in [-0.4, -0.2) is 57.2 Å². The van der Waals surface area contributed by atoms with E-state index in [0.717, 1.165) is 26.2 Å². The fourth-order valence-electron chi connectivity index (χ4n) is 3.51. The second-order valence-electron chi connectivity index (χ2n) is 7.09. The Balaban J connectivity index is 1.60. The molecule has 3 rings (SSSR count). The van der Waals surface area contributed by atoms with E-state index in [-0.39, 0.29) is 11.9 Å². The SMILES string of the molecule is COc1ccc(OC)c(NC(=O)C(C)N2CCN(c3cccc(C)c3)CC2)c1. The molecule has 6 nitrogen and oxygen atoms in total. The van der Waals surface area contributed by atoms with Crippen molar-refractivity contribution in [1.29, 1.82) is 0 Å². The van der Waals surface area contributed by atoms with Crippen LogP contribution in [0.3, 0.4) is 0 Å². The van der Waals surface area contributed by atoms with E-state index in [4.69, 9.17) is 9.47 Å². The molecule has 0 bridgehead atoms. The minimum absolute atomic E-state index is 0.0458. The molecule has 28 heavy (non-hydrogen) atoms. The molecule has 0 spiro atoms. The summed E-state index contributed by atoms with van der Waals surface area (Å²) in [5.41, 5.74) is 3.13. The number of nitrogens with one attached hydrogen (secondary N) is 1. The monoisotopic (exact) mass is 383 g/mol. The Hall–Kier alpha value is -2.73. The molecule has 0 radical (unpaired) electrons. The Morgan fingerprint density at radius 2 is 1.79 bits per heavy atom. The summed E-state index contributed by atoms with van der Waals surface area (Å²) in [6.07, 6.45) is 0. The molecule has 1 aliphatic heterocycles. The maximum Gasteiger partial charge on any atom is 0.241 e. The third-order valence-electron chi connectivity index (χ3n) is 5.27. The number of carbonyl (C=O) groups excluding carboxylic acids is 1. The lowest BCUT2D eigenvalue weighted by atomic mass is 10.1. The van der Waals surface area contributed by atoms with Crippen LogP contribution in [0.15, 0.2) is 42.5 Å². The third-order valence-corrected chi connectivity index (χ3v) is 5.27. The topological polar surface area (TPSA) is 54.0 Å². The molecule has 1 aliphatic rings. The molecular weight excluding hydrogens is 354 g/mol. The predicted molar refractivity (Wildman–Crippen MR) is 113 cm³/mol. The van der Waals surface area contributed by atoms with Crippen molar-refractivity contribution in [2.24, 2.45) is 0 Å². The zero-order valence-corrected chi connectivity index (χ0v) is 17.1. The molecule has 150 valence electrons. The van der Waals surface area contributed by atoms with Crippen LogP contribution in [0.5, 0.6) is 11.5 Å². The van der Waals surface area contributed by atoms with Crippen LogP contribution in [0.1, 0.15) is 12.5 Å². The third kappa shape index (κ3) is 4.57. The van der Waals surface area contributed by atoms with Crippen molar-refractivity contribution < 1.29 is 14.3 Å². The van der Waals surface area contributed by atoms with Crippen LogP contribution in [0.25, 0.3) is 0 Å². The summed E-state index contributed by atoms with van der Waals surface area (Å²) >= 11 is 0. The Labute approximate surface area is 167 Å². The van der Waals surface area contributed by atoms with E-state index < -0.39 is 0 Å². The van der Waals surface area contributed by atoms with E-state index in [1.807, 2.05) is 13.0 Å². The smallest absolute Gasteiger partial charge is 0.241 e. The van der Waals surface area contributed by atoms with Crippen molar-refractivity contribution in [3.8, 4) is 11.5 Å². The van der Waals surface area contributed by atoms with Crippen LogP contribution < -0.4 is 19.7 Å². The lowest BCUT2D eigenvalue weighted by Crippen LogP contribution is -2.52. The summed E-state index contributed by atoms with van der Waals surface area (Å²) in [5, 5.41) is 2.98. The molecule has 1 amide bonds. The van der Waals surface area contributed by atoms with Gasteiger partial charge >= 0.3 is 0 Å². The first-order valence-electron chi connectivity index (χ1n) is 9.60. The van der Waals surface area contributed by atoms with Crippen molar-refractivity contribution in [1.82, 2.24) is 4.90 Å². The first-order valence-corrected chi connectivity index (χ1v) is 9.60. The fraction of sp³-hybridized carbons (Fsp3) is 0.409. The van der Waals surface area contributed by atoms with Gasteiger partial charge in [0.2, 0.25) is 5.91 Å². The van der Waals surface area contributed by atoms with Crippen molar-refractivity contribution >= 4 is 17.3 Å². The summed E-state index contributed by atoms with van der Waals surface area (Å²) in [4.78, 5) is 17.4. The summed E-state index contributed by atoms with van der Waals surface area (Å²) in [7, 11) is 3.19. The Bertz CT molecular complexity index is 816. The van der Waals surface area contributed by atoms with E-state index in [1.165, 1.54) is 11.3 Å². The Morgan fingerprint density at radius 3 is 2.43 bits per heavy atom. The molecule has 2 aromatic carbocycles. The highest BCUT2D eigenvalue weighted by molar-refractivity contribution is 5.96. The van der Waals surface area contributed by atoms with Crippen LogP contribution in [0.4, 0.5) is 11.4 Å². The van der Waals surface area contributed by atoms with Crippen molar-refractivity contribution in [3.63, 3.8) is 0 Å². The number of anilines is 2. The van der Waals surface area contributed by atoms with E-state index in [2.05, 4.69) is 46.3 Å². The molecule has 1 unspecified atom stereocenters. The molecule has 2 aromatic rings. The number of rotatable bonds is 6. The molecule has 1 heterocycles. The first-order chi connectivity index (χ1) is 13.5. The highest BCUT2D eigenvalue weighted by Crippen LogP contribution is 2.29. The number of piperazine rings is 1. The molecule has 6 heteroatoms. The van der Waals surface area contributed by atoms with Gasteiger partial charge in [0.25, 0.3) is 0 Å². The minimum atomic E-state index is -0.226. The molecule has 0 aliphatic carbocycles. The van der Waals surface area contributed by atoms with Crippen LogP contribution in [-0.2, 0) is 4.79 Å². The second-order valence-corrected chi connectivity index (χ2v) is 7.09. The van der Waals surface area contributed by atoms with Crippen LogP contribution in [0, 0.1) is 6.92 Å². The van der Waals surface area contributed by atoms with Gasteiger partial charge in [-0.3, -0.25) is 9.69 Å². The van der Waals surface area contributed by atoms with Gasteiger partial charge in [0, 0.05) is 37.9 Å². The molecule has 0 saturated carbocycles. The number of carbonyl (C=O) groups is 1. The highest BCUT2D eigenvalue weighted by Gasteiger charge is 2.26. The summed E-state index contributed by atoms with van der Waals surface area (Å²) in [5.74, 6) is 1.25. The number of hydrogen-bond acceptors (Lipinski definition) is 5. The van der Waals surface area contributed by atoms with Gasteiger partial charge in [0.15, 0.2) is 0 Å². The molecule has 0 aromatic heterocycles. The molecular formula is C22H29N3O3. The average molecular weight is 383 g/mol. The minimum Gasteiger partial charge on any atom is -0.497 e. The zero-order valence-electron chi connectivity index (χ0n) is 17.1. The normalized spacial score (nSPS) is 15.8. The van der Waals surface area contributed by atoms with Gasteiger partial charge in [-0.25, -0.2) is 0 Å². The van der Waals surface area contributed by atoms with Crippen molar-refractivity contribution in [2.75, 3.05) is 50.6 Å². The second kappa shape index (κ2) is 8.97. The lowest BCUT2D eigenvalue weighted by Gasteiger charge is -2.38. The number of methoxy groups -OCH3 is 2. The van der Waals surface area contributed by atoms with Gasteiger partial charge in [-0.05, 0) is 43.7 Å². The van der Waals surface area contributed by atoms with E-state index >= 15 is 0 Å². The number of aryl methyl sites for hydroxylation is 1. The predicted octanol–water partition coefficient (Wildman–Crippen LogP) is 3.16. The van der Waals surface area contributed by atoms with E-state index in [1.54, 1.807) is 26.4 Å². The maximum atomic E-state index is 12.8. The molecule has 1 saturated heterocycles. The van der Waals surface area contributed by atoms with Gasteiger partial charge in [-0.15, -0.1) is 0 Å². The first kappa shape index (κ1) is 20.0. The number of ether oxygens (including phenoxy) is 2. The van der Waals surface area contributed by atoms with Gasteiger partial charge in [0.05, 0.1) is 25.9 Å². The van der Waals surface area contributed by atoms with E-state index in [9.17, 15) is 4.79 Å². The standard InChI is InChI=1S/C22H29N3O3/c1-16-6-5-7-18(14-16)25-12-10-24(11-13-25)17(2)22(26)23-20-15-19(27-3)8-9-21(20)28-4/h5-9,14-15,17H,10-13H2,1-4H3,(H,23,26). The zero-order chi connectivity index (χ0) is 20.1.